The molecule has 2 saturated heterocycles. The van der Waals surface area contributed by atoms with E-state index in [0.29, 0.717) is 33.7 Å². The first-order valence-electron chi connectivity index (χ1n) is 23.7. The second kappa shape index (κ2) is 26.4. The average Bonchev–Trinajstić information content (AvgIpc) is 4.22. The number of nitrogens with two attached hydrogens (primary N) is 3. The number of hydrogen-bond donors (Lipinski definition) is 5. The van der Waals surface area contributed by atoms with Crippen molar-refractivity contribution in [3.63, 3.8) is 0 Å². The summed E-state index contributed by atoms with van der Waals surface area (Å²) in [6.45, 7) is 4.65. The second-order valence-corrected chi connectivity index (χ2v) is 21.9. The fourth-order valence-electron chi connectivity index (χ4n) is 7.35. The summed E-state index contributed by atoms with van der Waals surface area (Å²) < 4.78 is 55.6. The molecule has 0 spiro atoms. The maximum Gasteiger partial charge on any atom is 0.263 e. The number of piperidine rings is 2. The van der Waals surface area contributed by atoms with Crippen molar-refractivity contribution in [1.29, 1.82) is 0 Å². The first-order valence-corrected chi connectivity index (χ1v) is 28.2. The predicted octanol–water partition coefficient (Wildman–Crippen LogP) is 6.12. The van der Waals surface area contributed by atoms with E-state index in [9.17, 15) is 16.8 Å². The van der Waals surface area contributed by atoms with Crippen molar-refractivity contribution in [3.05, 3.63) is 107 Å². The quantitative estimate of drug-likeness (QED) is 0.0736. The molecule has 0 aliphatic carbocycles. The maximum atomic E-state index is 12.4. The Hall–Kier alpha value is -7.18. The van der Waals surface area contributed by atoms with Crippen molar-refractivity contribution in [2.75, 3.05) is 47.3 Å². The van der Waals surface area contributed by atoms with Crippen molar-refractivity contribution < 1.29 is 16.8 Å². The van der Waals surface area contributed by atoms with Crippen molar-refractivity contribution in [1.82, 2.24) is 83.4 Å². The van der Waals surface area contributed by atoms with E-state index in [1.165, 1.54) is 106 Å². The van der Waals surface area contributed by atoms with E-state index in [-0.39, 0.29) is 36.6 Å². The minimum Gasteiger partial charge on any atom is -0.399 e. The zero-order valence-electron chi connectivity index (χ0n) is 42.5. The molecule has 0 bridgehead atoms. The Morgan fingerprint density at radius 3 is 1.51 bits per heavy atom. The molecule has 8 aromatic heterocycles. The number of anilines is 4. The third kappa shape index (κ3) is 15.7. The molecule has 0 amide bonds. The second-order valence-electron chi connectivity index (χ2n) is 17.3. The lowest BCUT2D eigenvalue weighted by Gasteiger charge is -2.26. The fourth-order valence-corrected chi connectivity index (χ4v) is 9.59. The van der Waals surface area contributed by atoms with E-state index in [0.717, 1.165) is 41.4 Å². The number of imidazole rings is 4. The van der Waals surface area contributed by atoms with Crippen LogP contribution in [0.4, 0.5) is 23.1 Å². The highest BCUT2D eigenvalue weighted by Gasteiger charge is 2.20. The number of nitrogen functional groups attached to an aromatic ring is 2. The first kappa shape index (κ1) is 58.5. The van der Waals surface area contributed by atoms with Gasteiger partial charge in [-0.15, -0.1) is 0 Å². The Morgan fingerprint density at radius 1 is 0.513 bits per heavy atom. The van der Waals surface area contributed by atoms with Gasteiger partial charge < -0.3 is 40.0 Å². The summed E-state index contributed by atoms with van der Waals surface area (Å²) >= 11 is 22.8. The van der Waals surface area contributed by atoms with Crippen LogP contribution < -0.4 is 31.5 Å². The molecular formula is C46H54Cl4N22O4S2. The Kier molecular flexibility index (Phi) is 19.8. The van der Waals surface area contributed by atoms with Crippen LogP contribution in [0.5, 0.6) is 0 Å². The highest BCUT2D eigenvalue weighted by Crippen LogP contribution is 2.24. The molecule has 0 saturated carbocycles. The zero-order valence-corrected chi connectivity index (χ0v) is 47.1. The average molecular weight is 1190 g/mol. The molecule has 10 aromatic rings. The van der Waals surface area contributed by atoms with E-state index < -0.39 is 20.0 Å². The SMILES string of the molecule is C1CCNCC1.Cn1cnc2c(Cl)nc(Cl)nc21.Cn1cnc2c(NS(=O)(=O)c3ccc(N)cc3)nc(Cl)nc21.Cn1cnc2cnc(Cl)nc21.Cn1cnc2cnc(N3CCCCC3)nc21.Nc1ccc(S(N)(=O)=O)cc1. The number of halogens is 4. The summed E-state index contributed by atoms with van der Waals surface area (Å²) in [7, 11) is -0.0539. The minimum absolute atomic E-state index is 0.0208. The maximum absolute atomic E-state index is 12.4. The number of benzene rings is 2. The summed E-state index contributed by atoms with van der Waals surface area (Å²) in [5, 5.41) is 8.71. The lowest BCUT2D eigenvalue weighted by molar-refractivity contribution is 0.520. The number of aromatic nitrogens is 16. The molecule has 2 fully saturated rings. The Bertz CT molecular complexity index is 3840. The van der Waals surface area contributed by atoms with Gasteiger partial charge in [-0.1, -0.05) is 18.0 Å². The van der Waals surface area contributed by atoms with Gasteiger partial charge in [-0.25, -0.2) is 56.9 Å². The summed E-state index contributed by atoms with van der Waals surface area (Å²) in [5.41, 5.74) is 17.1. The summed E-state index contributed by atoms with van der Waals surface area (Å²) in [6, 6.07) is 11.5. The number of sulfonamides is 2. The molecule has 8 N–H and O–H groups in total. The van der Waals surface area contributed by atoms with E-state index in [4.69, 9.17) is 63.0 Å². The number of aryl methyl sites for hydroxylation is 4. The summed E-state index contributed by atoms with van der Waals surface area (Å²) in [5.74, 6) is 0.864. The van der Waals surface area contributed by atoms with Crippen LogP contribution in [0.1, 0.15) is 38.5 Å². The molecule has 412 valence electrons. The van der Waals surface area contributed by atoms with Crippen molar-refractivity contribution in [2.24, 2.45) is 33.3 Å². The third-order valence-electron chi connectivity index (χ3n) is 11.4. The Labute approximate surface area is 467 Å². The van der Waals surface area contributed by atoms with Crippen LogP contribution in [0.15, 0.2) is 96.0 Å². The predicted molar refractivity (Wildman–Crippen MR) is 302 cm³/mol. The van der Waals surface area contributed by atoms with Crippen LogP contribution in [0, 0.1) is 0 Å². The highest BCUT2D eigenvalue weighted by molar-refractivity contribution is 7.92. The number of nitrogens with one attached hydrogen (secondary N) is 2. The van der Waals surface area contributed by atoms with Gasteiger partial charge in [0.05, 0.1) is 47.5 Å². The zero-order chi connectivity index (χ0) is 56.1. The lowest BCUT2D eigenvalue weighted by Crippen LogP contribution is -2.30. The standard InChI is InChI=1S/C12H11ClN6O2S.C11H15N5.C6H4Cl2N4.C6H5ClN4.C6H8N2O2S.C5H11N/c1-19-6-15-9-10(16-12(13)17-11(9)19)18-22(20,21)8-4-2-7(14)3-5-8;1-15-8-13-9-7-12-11(14-10(9)15)16-5-3-2-4-6-16;1-12-2-9-3-4(7)10-6(8)11-5(3)12;1-11-3-9-4-2-8-6(7)10-5(4)11;7-5-1-3-6(4-2-5)11(8,9)10;1-2-4-6-5-3-1/h2-6H,14H2,1H3,(H,16,17,18);7-8H,2-6H2,1H3;2H,1H3;2-3H,1H3;1-4H,7H2,(H2,8,9,10);6H,1-5H2. The number of rotatable bonds is 5. The molecule has 26 nitrogen and oxygen atoms in total. The summed E-state index contributed by atoms with van der Waals surface area (Å²) in [4.78, 5) is 51.1. The lowest BCUT2D eigenvalue weighted by atomic mass is 10.1. The van der Waals surface area contributed by atoms with Gasteiger partial charge in [0.15, 0.2) is 39.1 Å². The Morgan fingerprint density at radius 2 is 0.974 bits per heavy atom. The van der Waals surface area contributed by atoms with Crippen LogP contribution in [-0.4, -0.2) is 121 Å². The third-order valence-corrected chi connectivity index (χ3v) is 14.4. The minimum atomic E-state index is -3.83. The van der Waals surface area contributed by atoms with Gasteiger partial charge in [0.25, 0.3) is 10.0 Å². The van der Waals surface area contributed by atoms with Crippen molar-refractivity contribution in [2.45, 2.75) is 48.3 Å². The molecule has 0 radical (unpaired) electrons. The topological polar surface area (TPSA) is 348 Å². The molecule has 2 aromatic carbocycles. The molecule has 2 aliphatic heterocycles. The Balaban J connectivity index is 0.000000141. The smallest absolute Gasteiger partial charge is 0.263 e. The van der Waals surface area contributed by atoms with E-state index in [2.05, 4.69) is 74.7 Å². The van der Waals surface area contributed by atoms with Crippen LogP contribution in [0.25, 0.3) is 44.7 Å². The van der Waals surface area contributed by atoms with E-state index >= 15 is 0 Å². The van der Waals surface area contributed by atoms with Crippen LogP contribution in [0.2, 0.25) is 21.0 Å². The monoisotopic (exact) mass is 1180 g/mol. The first-order chi connectivity index (χ1) is 37.2. The van der Waals surface area contributed by atoms with Crippen LogP contribution >= 0.6 is 46.4 Å². The number of nitrogens with zero attached hydrogens (tertiary/aromatic N) is 17. The number of hydrogen-bond acceptors (Lipinski definition) is 20. The molecular weight excluding hydrogens is 1130 g/mol. The van der Waals surface area contributed by atoms with Gasteiger partial charge in [0.1, 0.15) is 16.6 Å². The molecule has 10 heterocycles. The molecule has 32 heteroatoms. The van der Waals surface area contributed by atoms with Gasteiger partial charge in [0, 0.05) is 52.7 Å². The molecule has 2 aliphatic rings. The number of fused-ring (bicyclic) bond motifs is 4. The fraction of sp³-hybridized carbons (Fsp3) is 0.304. The number of primary sulfonamides is 1. The van der Waals surface area contributed by atoms with Crippen LogP contribution in [-0.2, 0) is 48.2 Å². The molecule has 0 atom stereocenters. The summed E-state index contributed by atoms with van der Waals surface area (Å²) in [6.07, 6.45) is 18.0. The van der Waals surface area contributed by atoms with E-state index in [1.807, 2.05) is 31.9 Å². The van der Waals surface area contributed by atoms with Gasteiger partial charge in [-0.3, -0.25) is 4.72 Å². The van der Waals surface area contributed by atoms with Crippen molar-refractivity contribution >= 4 is 134 Å². The van der Waals surface area contributed by atoms with E-state index in [1.54, 1.807) is 45.9 Å². The molecule has 0 unspecified atom stereocenters. The van der Waals surface area contributed by atoms with Crippen LogP contribution in [0.3, 0.4) is 0 Å². The van der Waals surface area contributed by atoms with Gasteiger partial charge >= 0.3 is 0 Å². The van der Waals surface area contributed by atoms with Gasteiger partial charge in [-0.2, -0.15) is 24.9 Å². The van der Waals surface area contributed by atoms with Crippen molar-refractivity contribution in [3.8, 4) is 0 Å². The normalized spacial score (nSPS) is 13.4. The van der Waals surface area contributed by atoms with Gasteiger partial charge in [-0.05, 0) is 129 Å². The largest absolute Gasteiger partial charge is 0.399 e. The van der Waals surface area contributed by atoms with Gasteiger partial charge in [0.2, 0.25) is 31.8 Å². The molecule has 78 heavy (non-hydrogen) atoms. The molecule has 12 rings (SSSR count). The highest BCUT2D eigenvalue weighted by atomic mass is 35.5.